The number of benzene rings is 2. The van der Waals surface area contributed by atoms with Crippen molar-refractivity contribution in [2.45, 2.75) is 26.7 Å². The summed E-state index contributed by atoms with van der Waals surface area (Å²) in [5.74, 6) is -0.324. The van der Waals surface area contributed by atoms with Crippen molar-refractivity contribution >= 4 is 17.3 Å². The monoisotopic (exact) mass is 329 g/mol. The van der Waals surface area contributed by atoms with Crippen molar-refractivity contribution in [2.75, 3.05) is 0 Å². The van der Waals surface area contributed by atoms with E-state index in [1.54, 1.807) is 6.92 Å². The van der Waals surface area contributed by atoms with Crippen molar-refractivity contribution in [3.8, 4) is 0 Å². The molecule has 0 spiro atoms. The SMILES string of the molecule is CC(=O)C1=C(C)NC2=C(C(=O)c3ccccc32)C1c1ccc(C)cc1. The molecule has 0 aromatic heterocycles. The largest absolute Gasteiger partial charge is 0.358 e. The lowest BCUT2D eigenvalue weighted by Gasteiger charge is -2.29. The molecule has 124 valence electrons. The molecule has 0 amide bonds. The lowest BCUT2D eigenvalue weighted by atomic mass is 9.78. The zero-order valence-electron chi connectivity index (χ0n) is 14.5. The van der Waals surface area contributed by atoms with Gasteiger partial charge in [-0.1, -0.05) is 54.1 Å². The van der Waals surface area contributed by atoms with E-state index in [4.69, 9.17) is 0 Å². The summed E-state index contributed by atoms with van der Waals surface area (Å²) >= 11 is 0. The zero-order chi connectivity index (χ0) is 17.7. The smallest absolute Gasteiger partial charge is 0.192 e. The van der Waals surface area contributed by atoms with Gasteiger partial charge in [-0.05, 0) is 26.3 Å². The second-order valence-electron chi connectivity index (χ2n) is 6.73. The number of rotatable bonds is 2. The molecule has 0 radical (unpaired) electrons. The van der Waals surface area contributed by atoms with Gasteiger partial charge in [-0.25, -0.2) is 0 Å². The van der Waals surface area contributed by atoms with Crippen LogP contribution in [0, 0.1) is 6.92 Å². The third kappa shape index (κ3) is 2.27. The molecule has 1 unspecified atom stereocenters. The highest BCUT2D eigenvalue weighted by Gasteiger charge is 2.41. The number of hydrogen-bond acceptors (Lipinski definition) is 3. The number of nitrogens with one attached hydrogen (secondary N) is 1. The van der Waals surface area contributed by atoms with Crippen LogP contribution in [-0.2, 0) is 4.79 Å². The van der Waals surface area contributed by atoms with Gasteiger partial charge >= 0.3 is 0 Å². The molecule has 2 aromatic rings. The fourth-order valence-corrected chi connectivity index (χ4v) is 3.89. The van der Waals surface area contributed by atoms with Crippen LogP contribution in [0.1, 0.15) is 46.8 Å². The van der Waals surface area contributed by atoms with Crippen molar-refractivity contribution in [3.63, 3.8) is 0 Å². The second kappa shape index (κ2) is 5.55. The maximum absolute atomic E-state index is 13.1. The van der Waals surface area contributed by atoms with E-state index in [2.05, 4.69) is 5.32 Å². The zero-order valence-corrected chi connectivity index (χ0v) is 14.5. The average Bonchev–Trinajstić information content (AvgIpc) is 2.87. The molecule has 0 saturated carbocycles. The van der Waals surface area contributed by atoms with Crippen molar-refractivity contribution in [2.24, 2.45) is 0 Å². The number of fused-ring (bicyclic) bond motifs is 2. The summed E-state index contributed by atoms with van der Waals surface area (Å²) in [4.78, 5) is 25.5. The van der Waals surface area contributed by atoms with Gasteiger partial charge in [0.25, 0.3) is 0 Å². The predicted octanol–water partition coefficient (Wildman–Crippen LogP) is 4.15. The molecule has 1 atom stereocenters. The van der Waals surface area contributed by atoms with E-state index in [9.17, 15) is 9.59 Å². The maximum Gasteiger partial charge on any atom is 0.192 e. The van der Waals surface area contributed by atoms with E-state index < -0.39 is 0 Å². The summed E-state index contributed by atoms with van der Waals surface area (Å²) in [5, 5.41) is 3.33. The van der Waals surface area contributed by atoms with Crippen LogP contribution in [0.15, 0.2) is 65.4 Å². The third-order valence-electron chi connectivity index (χ3n) is 5.04. The summed E-state index contributed by atoms with van der Waals surface area (Å²) < 4.78 is 0. The number of ketones is 2. The van der Waals surface area contributed by atoms with Gasteiger partial charge in [-0.2, -0.15) is 0 Å². The van der Waals surface area contributed by atoms with Gasteiger partial charge < -0.3 is 5.32 Å². The molecule has 2 aliphatic rings. The summed E-state index contributed by atoms with van der Waals surface area (Å²) in [7, 11) is 0. The number of carbonyl (C=O) groups excluding carboxylic acids is 2. The molecule has 1 N–H and O–H groups in total. The van der Waals surface area contributed by atoms with Crippen molar-refractivity contribution in [3.05, 3.63) is 87.6 Å². The molecule has 25 heavy (non-hydrogen) atoms. The molecule has 0 bridgehead atoms. The minimum absolute atomic E-state index is 0.00844. The van der Waals surface area contributed by atoms with Crippen molar-refractivity contribution < 1.29 is 9.59 Å². The van der Waals surface area contributed by atoms with Crippen molar-refractivity contribution in [1.29, 1.82) is 0 Å². The molecule has 1 heterocycles. The molecule has 0 fully saturated rings. The maximum atomic E-state index is 13.1. The summed E-state index contributed by atoms with van der Waals surface area (Å²) in [5.41, 5.74) is 6.76. The van der Waals surface area contributed by atoms with E-state index in [0.29, 0.717) is 16.7 Å². The Morgan fingerprint density at radius 3 is 2.24 bits per heavy atom. The Hall–Kier alpha value is -2.94. The molecule has 0 saturated heterocycles. The number of Topliss-reactive ketones (excluding diaryl/α,β-unsaturated/α-hetero) is 2. The van der Waals surface area contributed by atoms with Gasteiger partial charge in [0.15, 0.2) is 11.6 Å². The van der Waals surface area contributed by atoms with Gasteiger partial charge in [0, 0.05) is 33.9 Å². The van der Waals surface area contributed by atoms with Crippen molar-refractivity contribution in [1.82, 2.24) is 5.32 Å². The molecule has 4 rings (SSSR count). The van der Waals surface area contributed by atoms with Crippen LogP contribution in [0.25, 0.3) is 5.70 Å². The fraction of sp³-hybridized carbons (Fsp3) is 0.182. The number of aryl methyl sites for hydroxylation is 1. The Bertz CT molecular complexity index is 977. The highest BCUT2D eigenvalue weighted by Crippen LogP contribution is 2.46. The molecule has 1 aliphatic heterocycles. The molecular formula is C22H19NO2. The number of dihydropyridines is 1. The summed E-state index contributed by atoms with van der Waals surface area (Å²) in [6, 6.07) is 15.7. The lowest BCUT2D eigenvalue weighted by molar-refractivity contribution is -0.113. The van der Waals surface area contributed by atoms with Gasteiger partial charge in [0.2, 0.25) is 0 Å². The highest BCUT2D eigenvalue weighted by atomic mass is 16.1. The quantitative estimate of drug-likeness (QED) is 0.900. The van der Waals surface area contributed by atoms with E-state index in [0.717, 1.165) is 28.1 Å². The average molecular weight is 329 g/mol. The fourth-order valence-electron chi connectivity index (χ4n) is 3.89. The van der Waals surface area contributed by atoms with Gasteiger partial charge in [-0.15, -0.1) is 0 Å². The van der Waals surface area contributed by atoms with E-state index in [-0.39, 0.29) is 17.5 Å². The molecule has 3 heteroatoms. The van der Waals surface area contributed by atoms with Crippen LogP contribution in [-0.4, -0.2) is 11.6 Å². The van der Waals surface area contributed by atoms with Gasteiger partial charge in [0.1, 0.15) is 0 Å². The Morgan fingerprint density at radius 1 is 0.960 bits per heavy atom. The summed E-state index contributed by atoms with van der Waals surface area (Å²) in [6.45, 7) is 5.51. The van der Waals surface area contributed by atoms with Crippen LogP contribution in [0.3, 0.4) is 0 Å². The first-order valence-corrected chi connectivity index (χ1v) is 8.42. The number of hydrogen-bond donors (Lipinski definition) is 1. The van der Waals surface area contributed by atoms with Crippen LogP contribution < -0.4 is 5.32 Å². The van der Waals surface area contributed by atoms with E-state index in [1.807, 2.05) is 62.4 Å². The third-order valence-corrected chi connectivity index (χ3v) is 5.04. The van der Waals surface area contributed by atoms with E-state index >= 15 is 0 Å². The number of allylic oxidation sites excluding steroid dienone is 3. The minimum atomic E-state index is -0.325. The lowest BCUT2D eigenvalue weighted by Crippen LogP contribution is -2.27. The topological polar surface area (TPSA) is 46.2 Å². The first-order valence-electron chi connectivity index (χ1n) is 8.42. The first kappa shape index (κ1) is 15.6. The summed E-state index contributed by atoms with van der Waals surface area (Å²) in [6.07, 6.45) is 0. The van der Waals surface area contributed by atoms with Gasteiger partial charge in [0.05, 0.1) is 5.70 Å². The standard InChI is InChI=1S/C22H19NO2/c1-12-8-10-15(11-9-12)19-18(14(3)24)13(2)23-21-16-6-4-5-7-17(16)22(25)20(19)21/h4-11,19,23H,1-3H3. The first-order chi connectivity index (χ1) is 12.0. The van der Waals surface area contributed by atoms with E-state index in [1.165, 1.54) is 0 Å². The predicted molar refractivity (Wildman–Crippen MR) is 98.1 cm³/mol. The molecule has 1 aliphatic carbocycles. The minimum Gasteiger partial charge on any atom is -0.358 e. The van der Waals surface area contributed by atoms with Gasteiger partial charge in [-0.3, -0.25) is 9.59 Å². The normalized spacial score (nSPS) is 18.8. The number of carbonyl (C=O) groups is 2. The molecule has 2 aromatic carbocycles. The van der Waals surface area contributed by atoms with Crippen LogP contribution >= 0.6 is 0 Å². The molecule has 3 nitrogen and oxygen atoms in total. The van der Waals surface area contributed by atoms with Crippen LogP contribution in [0.5, 0.6) is 0 Å². The Labute approximate surface area is 147 Å². The highest BCUT2D eigenvalue weighted by molar-refractivity contribution is 6.23. The molecular weight excluding hydrogens is 310 g/mol. The Morgan fingerprint density at radius 2 is 1.60 bits per heavy atom. The Kier molecular flexibility index (Phi) is 3.46. The van der Waals surface area contributed by atoms with Crippen LogP contribution in [0.2, 0.25) is 0 Å². The van der Waals surface area contributed by atoms with Crippen LogP contribution in [0.4, 0.5) is 0 Å². The Balaban J connectivity index is 1.96. The second-order valence-corrected chi connectivity index (χ2v) is 6.73.